The van der Waals surface area contributed by atoms with E-state index in [2.05, 4.69) is 59.1 Å². The van der Waals surface area contributed by atoms with E-state index in [1.165, 1.54) is 16.7 Å². The van der Waals surface area contributed by atoms with Crippen molar-refractivity contribution in [2.75, 3.05) is 36.3 Å². The Morgan fingerprint density at radius 1 is 0.824 bits per heavy atom. The zero-order valence-electron chi connectivity index (χ0n) is 22.4. The quantitative estimate of drug-likeness (QED) is 0.395. The lowest BCUT2D eigenvalue weighted by molar-refractivity contribution is 0.0420. The van der Waals surface area contributed by atoms with E-state index in [4.69, 9.17) is 25.7 Å². The van der Waals surface area contributed by atoms with Crippen LogP contribution in [0.5, 0.6) is 17.2 Å². The van der Waals surface area contributed by atoms with Crippen LogP contribution in [0.4, 0.5) is 22.7 Å². The standard InChI is InChI=1S/C10H12N2O.C9H10N2O2.2C4H10/c1-10-4-5-3-6(11)9(13-2)8(12-10)7(5)10;1-9-6-5(13-9)3-4(10)8(12-2)7(6)11-9;2*1-4(2)3/h3,12H,4,11H2,1-2H3;3,11H,10H2,1-2H3;2*4H,1-3H3. The summed E-state index contributed by atoms with van der Waals surface area (Å²) in [5.41, 5.74) is 18.9. The van der Waals surface area contributed by atoms with Gasteiger partial charge in [0.25, 0.3) is 0 Å². The number of anilines is 4. The van der Waals surface area contributed by atoms with Gasteiger partial charge >= 0.3 is 0 Å². The number of methoxy groups -OCH3 is 2. The molecule has 0 spiro atoms. The van der Waals surface area contributed by atoms with Gasteiger partial charge in [0.05, 0.1) is 48.1 Å². The second kappa shape index (κ2) is 9.01. The van der Waals surface area contributed by atoms with E-state index in [9.17, 15) is 0 Å². The fourth-order valence-corrected chi connectivity index (χ4v) is 4.58. The molecule has 188 valence electrons. The molecule has 2 aromatic rings. The SMILES string of the molecule is CC(C)C.CC(C)C.COc1c(N)cc2c3c1NC3(C)C2.COc1c(N)cc2c3c1NC3(C)O2. The maximum Gasteiger partial charge on any atom is 0.210 e. The lowest BCUT2D eigenvalue weighted by Crippen LogP contribution is -2.53. The average Bonchev–Trinajstić information content (AvgIpc) is 2.65. The van der Waals surface area contributed by atoms with Crippen molar-refractivity contribution in [1.82, 2.24) is 0 Å². The maximum absolute atomic E-state index is 5.84. The molecule has 0 saturated heterocycles. The van der Waals surface area contributed by atoms with Gasteiger partial charge in [0.2, 0.25) is 5.72 Å². The molecule has 0 radical (unpaired) electrons. The molecule has 0 bridgehead atoms. The average molecular weight is 471 g/mol. The maximum atomic E-state index is 5.84. The molecule has 0 saturated carbocycles. The first-order chi connectivity index (χ1) is 15.8. The molecule has 6 rings (SSSR count). The van der Waals surface area contributed by atoms with Crippen molar-refractivity contribution in [1.29, 1.82) is 0 Å². The minimum absolute atomic E-state index is 0.214. The Kier molecular flexibility index (Phi) is 6.80. The summed E-state index contributed by atoms with van der Waals surface area (Å²) >= 11 is 0. The van der Waals surface area contributed by atoms with Crippen LogP contribution in [0, 0.1) is 11.8 Å². The molecule has 0 aromatic heterocycles. The Morgan fingerprint density at radius 2 is 1.29 bits per heavy atom. The molecule has 2 unspecified atom stereocenters. The summed E-state index contributed by atoms with van der Waals surface area (Å²) in [5, 5.41) is 6.57. The van der Waals surface area contributed by atoms with Gasteiger partial charge < -0.3 is 36.3 Å². The van der Waals surface area contributed by atoms with Crippen molar-refractivity contribution in [2.24, 2.45) is 11.8 Å². The van der Waals surface area contributed by atoms with E-state index in [-0.39, 0.29) is 11.3 Å². The van der Waals surface area contributed by atoms with Crippen LogP contribution in [0.15, 0.2) is 12.1 Å². The second-order valence-electron chi connectivity index (χ2n) is 11.0. The number of ether oxygens (including phenoxy) is 3. The van der Waals surface area contributed by atoms with Gasteiger partial charge in [-0.1, -0.05) is 41.5 Å². The second-order valence-corrected chi connectivity index (χ2v) is 11.0. The molecule has 2 aromatic carbocycles. The van der Waals surface area contributed by atoms with Crippen molar-refractivity contribution < 1.29 is 14.2 Å². The first-order valence-corrected chi connectivity index (χ1v) is 12.0. The molecule has 3 heterocycles. The fraction of sp³-hybridized carbons (Fsp3) is 0.556. The van der Waals surface area contributed by atoms with Gasteiger partial charge in [0, 0.05) is 11.6 Å². The smallest absolute Gasteiger partial charge is 0.210 e. The Hall–Kier alpha value is -2.96. The van der Waals surface area contributed by atoms with Crippen LogP contribution in [-0.4, -0.2) is 14.2 Å². The minimum atomic E-state index is -0.286. The number of rotatable bonds is 2. The minimum Gasteiger partial charge on any atom is -0.492 e. The number of hydrogen-bond donors (Lipinski definition) is 4. The van der Waals surface area contributed by atoms with Crippen LogP contribution in [0.3, 0.4) is 0 Å². The van der Waals surface area contributed by atoms with E-state index in [0.29, 0.717) is 5.69 Å². The molecular weight excluding hydrogens is 428 g/mol. The fourth-order valence-electron chi connectivity index (χ4n) is 4.58. The zero-order chi connectivity index (χ0) is 25.6. The summed E-state index contributed by atoms with van der Waals surface area (Å²) in [7, 11) is 3.27. The molecule has 34 heavy (non-hydrogen) atoms. The summed E-state index contributed by atoms with van der Waals surface area (Å²) in [6.45, 7) is 17.2. The Balaban J connectivity index is 0.000000147. The summed E-state index contributed by atoms with van der Waals surface area (Å²) in [6, 6.07) is 3.83. The summed E-state index contributed by atoms with van der Waals surface area (Å²) in [4.78, 5) is 0. The third-order valence-corrected chi connectivity index (χ3v) is 5.72. The summed E-state index contributed by atoms with van der Waals surface area (Å²) in [6.07, 6.45) is 1.09. The van der Waals surface area contributed by atoms with Crippen LogP contribution < -0.4 is 36.3 Å². The Morgan fingerprint density at radius 3 is 1.74 bits per heavy atom. The monoisotopic (exact) mass is 470 g/mol. The third-order valence-electron chi connectivity index (χ3n) is 5.72. The number of nitrogens with two attached hydrogens (primary N) is 2. The topological polar surface area (TPSA) is 104 Å². The highest BCUT2D eigenvalue weighted by Crippen LogP contribution is 2.61. The van der Waals surface area contributed by atoms with Crippen LogP contribution in [-0.2, 0) is 17.7 Å². The zero-order valence-corrected chi connectivity index (χ0v) is 22.4. The lowest BCUT2D eigenvalue weighted by Gasteiger charge is -2.53. The van der Waals surface area contributed by atoms with Crippen LogP contribution >= 0.6 is 0 Å². The van der Waals surface area contributed by atoms with Gasteiger partial charge in [-0.3, -0.25) is 0 Å². The molecule has 7 heteroatoms. The lowest BCUT2D eigenvalue weighted by atomic mass is 9.65. The number of nitrogens with one attached hydrogen (secondary N) is 2. The van der Waals surface area contributed by atoms with Gasteiger partial charge in [-0.15, -0.1) is 0 Å². The van der Waals surface area contributed by atoms with Crippen molar-refractivity contribution in [3.05, 3.63) is 28.8 Å². The van der Waals surface area contributed by atoms with Gasteiger partial charge in [-0.25, -0.2) is 0 Å². The molecule has 0 fully saturated rings. The highest BCUT2D eigenvalue weighted by molar-refractivity contribution is 5.87. The molecule has 6 N–H and O–H groups in total. The first-order valence-electron chi connectivity index (χ1n) is 12.0. The number of hydrogen-bond acceptors (Lipinski definition) is 7. The van der Waals surface area contributed by atoms with E-state index in [1.54, 1.807) is 20.3 Å². The molecule has 3 aliphatic heterocycles. The van der Waals surface area contributed by atoms with Crippen LogP contribution in [0.2, 0.25) is 0 Å². The molecular formula is C27H42N4O3. The Bertz CT molecular complexity index is 963. The van der Waals surface area contributed by atoms with E-state index < -0.39 is 0 Å². The van der Waals surface area contributed by atoms with E-state index >= 15 is 0 Å². The largest absolute Gasteiger partial charge is 0.492 e. The van der Waals surface area contributed by atoms with Crippen molar-refractivity contribution in [2.45, 2.75) is 73.1 Å². The highest BCUT2D eigenvalue weighted by Gasteiger charge is 2.54. The summed E-state index contributed by atoms with van der Waals surface area (Å²) < 4.78 is 15.9. The predicted octanol–water partition coefficient (Wildman–Crippen LogP) is 6.07. The van der Waals surface area contributed by atoms with Gasteiger partial charge in [-0.2, -0.15) is 0 Å². The highest BCUT2D eigenvalue weighted by atomic mass is 16.5. The van der Waals surface area contributed by atoms with Crippen molar-refractivity contribution >= 4 is 22.7 Å². The Labute approximate surface area is 204 Å². The van der Waals surface area contributed by atoms with E-state index in [0.717, 1.165) is 52.6 Å². The van der Waals surface area contributed by atoms with Gasteiger partial charge in [0.15, 0.2) is 11.5 Å². The molecule has 2 atom stereocenters. The number of benzene rings is 2. The van der Waals surface area contributed by atoms with Gasteiger partial charge in [0.1, 0.15) is 5.75 Å². The molecule has 1 aliphatic carbocycles. The molecule has 7 nitrogen and oxygen atoms in total. The molecule has 0 amide bonds. The van der Waals surface area contributed by atoms with Crippen molar-refractivity contribution in [3.63, 3.8) is 0 Å². The number of nitrogen functional groups attached to an aromatic ring is 2. The summed E-state index contributed by atoms with van der Waals surface area (Å²) in [5.74, 6) is 4.06. The predicted molar refractivity (Wildman–Crippen MR) is 142 cm³/mol. The first kappa shape index (κ1) is 25.7. The third kappa shape index (κ3) is 4.28. The van der Waals surface area contributed by atoms with Gasteiger partial charge in [-0.05, 0) is 43.7 Å². The normalized spacial score (nSPS) is 22.2. The van der Waals surface area contributed by atoms with Crippen LogP contribution in [0.25, 0.3) is 0 Å². The van der Waals surface area contributed by atoms with Crippen LogP contribution in [0.1, 0.15) is 72.1 Å². The van der Waals surface area contributed by atoms with Crippen molar-refractivity contribution in [3.8, 4) is 17.2 Å². The van der Waals surface area contributed by atoms with E-state index in [1.807, 2.05) is 13.0 Å². The molecule has 4 aliphatic rings.